The molecule has 0 aromatic carbocycles. The van der Waals surface area contributed by atoms with Gasteiger partial charge in [0.15, 0.2) is 5.82 Å². The molecule has 0 amide bonds. The fourth-order valence-corrected chi connectivity index (χ4v) is 4.60. The lowest BCUT2D eigenvalue weighted by atomic mass is 9.78. The molecule has 3 fully saturated rings. The molecule has 5 nitrogen and oxygen atoms in total. The summed E-state index contributed by atoms with van der Waals surface area (Å²) in [6.07, 6.45) is 6.58. The SMILES string of the molecule is Cc1noc(C[C@]23COC[C@H]2CN(CC2CCCC2)C3)n1. The Morgan fingerprint density at radius 3 is 2.95 bits per heavy atom. The molecular weight excluding hydrogens is 266 g/mol. The standard InChI is InChI=1S/C16H25N3O2/c1-12-17-15(21-18-12)6-16-10-19(7-13-4-2-3-5-13)8-14(16)9-20-11-16/h13-14H,2-11H2,1H3/t14-,16+/m1/s1. The average Bonchev–Trinajstić information content (AvgIpc) is 3.16. The number of fused-ring (bicyclic) bond motifs is 1. The minimum absolute atomic E-state index is 0.206. The Bertz CT molecular complexity index is 497. The van der Waals surface area contributed by atoms with E-state index in [1.807, 2.05) is 6.92 Å². The van der Waals surface area contributed by atoms with Gasteiger partial charge in [0.25, 0.3) is 0 Å². The lowest BCUT2D eigenvalue weighted by Gasteiger charge is -2.26. The third kappa shape index (κ3) is 2.61. The van der Waals surface area contributed by atoms with E-state index in [0.29, 0.717) is 5.92 Å². The first-order chi connectivity index (χ1) is 10.2. The third-order valence-electron chi connectivity index (χ3n) is 5.66. The Balaban J connectivity index is 1.45. The molecule has 0 N–H and O–H groups in total. The summed E-state index contributed by atoms with van der Waals surface area (Å²) in [5.41, 5.74) is 0.206. The van der Waals surface area contributed by atoms with Gasteiger partial charge in [0.1, 0.15) is 0 Å². The number of nitrogens with zero attached hydrogens (tertiary/aromatic N) is 3. The zero-order valence-corrected chi connectivity index (χ0v) is 12.9. The van der Waals surface area contributed by atoms with E-state index in [4.69, 9.17) is 9.26 Å². The van der Waals surface area contributed by atoms with E-state index >= 15 is 0 Å². The van der Waals surface area contributed by atoms with E-state index in [2.05, 4.69) is 15.0 Å². The number of rotatable bonds is 4. The Hall–Kier alpha value is -0.940. The van der Waals surface area contributed by atoms with E-state index in [1.54, 1.807) is 0 Å². The van der Waals surface area contributed by atoms with E-state index in [9.17, 15) is 0 Å². The number of aryl methyl sites for hydroxylation is 1. The molecule has 0 unspecified atom stereocenters. The second-order valence-corrected chi connectivity index (χ2v) is 7.33. The number of hydrogen-bond acceptors (Lipinski definition) is 5. The van der Waals surface area contributed by atoms with Gasteiger partial charge in [-0.25, -0.2) is 0 Å². The second kappa shape index (κ2) is 5.36. The van der Waals surface area contributed by atoms with Gasteiger partial charge in [0.05, 0.1) is 13.2 Å². The van der Waals surface area contributed by atoms with Gasteiger partial charge in [-0.1, -0.05) is 18.0 Å². The van der Waals surface area contributed by atoms with Crippen LogP contribution in [0.3, 0.4) is 0 Å². The molecule has 1 saturated carbocycles. The minimum atomic E-state index is 0.206. The van der Waals surface area contributed by atoms with E-state index < -0.39 is 0 Å². The Morgan fingerprint density at radius 2 is 2.19 bits per heavy atom. The van der Waals surface area contributed by atoms with Crippen molar-refractivity contribution in [2.24, 2.45) is 17.3 Å². The summed E-state index contributed by atoms with van der Waals surface area (Å²) in [5.74, 6) is 3.07. The topological polar surface area (TPSA) is 51.4 Å². The molecule has 1 aliphatic carbocycles. The smallest absolute Gasteiger partial charge is 0.227 e. The van der Waals surface area contributed by atoms with Crippen molar-refractivity contribution in [3.63, 3.8) is 0 Å². The number of likely N-dealkylation sites (tertiary alicyclic amines) is 1. The summed E-state index contributed by atoms with van der Waals surface area (Å²) in [6, 6.07) is 0. The summed E-state index contributed by atoms with van der Waals surface area (Å²) < 4.78 is 11.2. The largest absolute Gasteiger partial charge is 0.380 e. The van der Waals surface area contributed by atoms with E-state index in [0.717, 1.165) is 43.8 Å². The van der Waals surface area contributed by atoms with Crippen LogP contribution in [0.5, 0.6) is 0 Å². The molecule has 2 aliphatic heterocycles. The predicted molar refractivity (Wildman–Crippen MR) is 77.9 cm³/mol. The lowest BCUT2D eigenvalue weighted by molar-refractivity contribution is 0.119. The average molecular weight is 291 g/mol. The molecule has 0 spiro atoms. The Morgan fingerprint density at radius 1 is 1.33 bits per heavy atom. The molecule has 2 atom stereocenters. The monoisotopic (exact) mass is 291 g/mol. The van der Waals surface area contributed by atoms with Crippen LogP contribution in [0.1, 0.15) is 37.4 Å². The van der Waals surface area contributed by atoms with Crippen LogP contribution in [0.25, 0.3) is 0 Å². The molecule has 1 aromatic heterocycles. The summed E-state index contributed by atoms with van der Waals surface area (Å²) in [4.78, 5) is 7.08. The zero-order chi connectivity index (χ0) is 14.3. The molecule has 4 rings (SSSR count). The van der Waals surface area contributed by atoms with Crippen LogP contribution in [0, 0.1) is 24.2 Å². The highest BCUT2D eigenvalue weighted by Crippen LogP contribution is 2.44. The van der Waals surface area contributed by atoms with Crippen LogP contribution >= 0.6 is 0 Å². The summed E-state index contributed by atoms with van der Waals surface area (Å²) >= 11 is 0. The molecule has 116 valence electrons. The first-order valence-electron chi connectivity index (χ1n) is 8.33. The maximum absolute atomic E-state index is 5.80. The molecule has 21 heavy (non-hydrogen) atoms. The van der Waals surface area contributed by atoms with Crippen molar-refractivity contribution in [2.45, 2.75) is 39.0 Å². The Labute approximate surface area is 126 Å². The summed E-state index contributed by atoms with van der Waals surface area (Å²) in [5, 5.41) is 3.93. The van der Waals surface area contributed by atoms with Crippen molar-refractivity contribution >= 4 is 0 Å². The first kappa shape index (κ1) is 13.7. The maximum atomic E-state index is 5.80. The van der Waals surface area contributed by atoms with Crippen LogP contribution in [0.4, 0.5) is 0 Å². The van der Waals surface area contributed by atoms with Crippen LogP contribution in [-0.4, -0.2) is 47.9 Å². The van der Waals surface area contributed by atoms with Gasteiger partial charge in [-0.3, -0.25) is 0 Å². The second-order valence-electron chi connectivity index (χ2n) is 7.33. The van der Waals surface area contributed by atoms with Crippen LogP contribution in [0.2, 0.25) is 0 Å². The highest BCUT2D eigenvalue weighted by molar-refractivity contribution is 5.04. The van der Waals surface area contributed by atoms with Crippen molar-refractivity contribution in [1.29, 1.82) is 0 Å². The molecular formula is C16H25N3O2. The molecule has 3 aliphatic rings. The highest BCUT2D eigenvalue weighted by Gasteiger charge is 2.51. The van der Waals surface area contributed by atoms with E-state index in [1.165, 1.54) is 38.8 Å². The van der Waals surface area contributed by atoms with Crippen molar-refractivity contribution in [3.8, 4) is 0 Å². The van der Waals surface area contributed by atoms with Gasteiger partial charge in [0.2, 0.25) is 5.89 Å². The number of ether oxygens (including phenoxy) is 1. The van der Waals surface area contributed by atoms with E-state index in [-0.39, 0.29) is 5.41 Å². The fraction of sp³-hybridized carbons (Fsp3) is 0.875. The molecule has 2 saturated heterocycles. The first-order valence-corrected chi connectivity index (χ1v) is 8.33. The summed E-state index contributed by atoms with van der Waals surface area (Å²) in [6.45, 7) is 7.23. The normalized spacial score (nSPS) is 33.9. The number of hydrogen-bond donors (Lipinski definition) is 0. The zero-order valence-electron chi connectivity index (χ0n) is 12.9. The van der Waals surface area contributed by atoms with Gasteiger partial charge >= 0.3 is 0 Å². The molecule has 3 heterocycles. The number of aromatic nitrogens is 2. The Kier molecular flexibility index (Phi) is 3.50. The van der Waals surface area contributed by atoms with Crippen molar-refractivity contribution in [3.05, 3.63) is 11.7 Å². The highest BCUT2D eigenvalue weighted by atomic mass is 16.5. The maximum Gasteiger partial charge on any atom is 0.227 e. The van der Waals surface area contributed by atoms with Crippen LogP contribution in [-0.2, 0) is 11.2 Å². The molecule has 5 heteroatoms. The summed E-state index contributed by atoms with van der Waals surface area (Å²) in [7, 11) is 0. The predicted octanol–water partition coefficient (Wildman–Crippen LogP) is 2.06. The van der Waals surface area contributed by atoms with Crippen LogP contribution in [0.15, 0.2) is 4.52 Å². The quantitative estimate of drug-likeness (QED) is 0.850. The van der Waals surface area contributed by atoms with Crippen molar-refractivity contribution in [2.75, 3.05) is 32.8 Å². The minimum Gasteiger partial charge on any atom is -0.380 e. The van der Waals surface area contributed by atoms with Gasteiger partial charge in [-0.15, -0.1) is 0 Å². The third-order valence-corrected chi connectivity index (χ3v) is 5.66. The molecule has 0 bridgehead atoms. The van der Waals surface area contributed by atoms with Gasteiger partial charge in [0, 0.05) is 37.4 Å². The van der Waals surface area contributed by atoms with Gasteiger partial charge < -0.3 is 14.2 Å². The fourth-order valence-electron chi connectivity index (χ4n) is 4.60. The van der Waals surface area contributed by atoms with Crippen molar-refractivity contribution in [1.82, 2.24) is 15.0 Å². The molecule has 1 aromatic rings. The van der Waals surface area contributed by atoms with Gasteiger partial charge in [-0.05, 0) is 25.7 Å². The molecule has 0 radical (unpaired) electrons. The van der Waals surface area contributed by atoms with Crippen LogP contribution < -0.4 is 0 Å². The van der Waals surface area contributed by atoms with Crippen molar-refractivity contribution < 1.29 is 9.26 Å². The van der Waals surface area contributed by atoms with Gasteiger partial charge in [-0.2, -0.15) is 4.98 Å². The lowest BCUT2D eigenvalue weighted by Crippen LogP contribution is -2.34.